The Labute approximate surface area is 81.4 Å². The molecule has 0 saturated heterocycles. The Morgan fingerprint density at radius 1 is 1.15 bits per heavy atom. The molecule has 1 nitrogen and oxygen atoms in total. The molecule has 0 aliphatic rings. The summed E-state index contributed by atoms with van der Waals surface area (Å²) in [5.41, 5.74) is 1.05. The fourth-order valence-electron chi connectivity index (χ4n) is 1.37. The van der Waals surface area contributed by atoms with Gasteiger partial charge in [0.1, 0.15) is 0 Å². The number of aliphatic hydroxyl groups is 1. The molecule has 1 rings (SSSR count). The van der Waals surface area contributed by atoms with Crippen LogP contribution in [0.1, 0.15) is 11.7 Å². The summed E-state index contributed by atoms with van der Waals surface area (Å²) in [5, 5.41) is 9.89. The lowest BCUT2D eigenvalue weighted by Crippen LogP contribution is -2.22. The lowest BCUT2D eigenvalue weighted by molar-refractivity contribution is 0.197. The van der Waals surface area contributed by atoms with Crippen LogP contribution in [0.4, 0.5) is 0 Å². The average Bonchev–Trinajstić information content (AvgIpc) is 2.03. The second-order valence-electron chi connectivity index (χ2n) is 4.69. The Hall–Kier alpha value is -0.603. The van der Waals surface area contributed by atoms with Gasteiger partial charge in [-0.2, -0.15) is 0 Å². The van der Waals surface area contributed by atoms with Crippen molar-refractivity contribution in [2.24, 2.45) is 0 Å². The predicted octanol–water partition coefficient (Wildman–Crippen LogP) is 3.06. The van der Waals surface area contributed by atoms with E-state index >= 15 is 0 Å². The molecule has 0 fully saturated rings. The summed E-state index contributed by atoms with van der Waals surface area (Å²) in [5.74, 6) is 0. The molecule has 0 spiro atoms. The Bertz CT molecular complexity index is 251. The van der Waals surface area contributed by atoms with Crippen LogP contribution < -0.4 is 0 Å². The molecule has 0 aromatic heterocycles. The van der Waals surface area contributed by atoms with E-state index in [4.69, 9.17) is 0 Å². The van der Waals surface area contributed by atoms with E-state index in [1.54, 1.807) is 0 Å². The monoisotopic (exact) mass is 194 g/mol. The minimum atomic E-state index is -1.15. The van der Waals surface area contributed by atoms with Crippen LogP contribution in [0.5, 0.6) is 0 Å². The first-order chi connectivity index (χ1) is 5.99. The van der Waals surface area contributed by atoms with Gasteiger partial charge >= 0.3 is 0 Å². The summed E-state index contributed by atoms with van der Waals surface area (Å²) >= 11 is 0. The van der Waals surface area contributed by atoms with Crippen molar-refractivity contribution in [3.05, 3.63) is 35.9 Å². The number of hydrogen-bond acceptors (Lipinski definition) is 1. The van der Waals surface area contributed by atoms with Gasteiger partial charge in [-0.25, -0.2) is 0 Å². The van der Waals surface area contributed by atoms with Crippen LogP contribution in [0.15, 0.2) is 30.3 Å². The van der Waals surface area contributed by atoms with Gasteiger partial charge in [-0.15, -0.1) is 0 Å². The van der Waals surface area contributed by atoms with Crippen LogP contribution in [-0.4, -0.2) is 13.2 Å². The second kappa shape index (κ2) is 4.07. The molecule has 1 unspecified atom stereocenters. The maximum Gasteiger partial charge on any atom is 0.0766 e. The van der Waals surface area contributed by atoms with E-state index in [9.17, 15) is 5.11 Å². The van der Waals surface area contributed by atoms with Gasteiger partial charge in [-0.05, 0) is 11.6 Å². The van der Waals surface area contributed by atoms with E-state index in [0.717, 1.165) is 11.6 Å². The Kier molecular flexibility index (Phi) is 3.28. The van der Waals surface area contributed by atoms with Gasteiger partial charge in [0, 0.05) is 8.07 Å². The zero-order chi connectivity index (χ0) is 9.90. The van der Waals surface area contributed by atoms with E-state index in [2.05, 4.69) is 19.6 Å². The summed E-state index contributed by atoms with van der Waals surface area (Å²) in [7, 11) is -1.15. The SMILES string of the molecule is C[Si](C)(C)CC(O)c1ccccc1. The fraction of sp³-hybridized carbons (Fsp3) is 0.455. The highest BCUT2D eigenvalue weighted by molar-refractivity contribution is 6.76. The van der Waals surface area contributed by atoms with Crippen LogP contribution in [0.2, 0.25) is 25.7 Å². The lowest BCUT2D eigenvalue weighted by Gasteiger charge is -2.20. The number of aliphatic hydroxyl groups excluding tert-OH is 1. The second-order valence-corrected chi connectivity index (χ2v) is 10.2. The fourth-order valence-corrected chi connectivity index (χ4v) is 2.77. The third kappa shape index (κ3) is 3.74. The van der Waals surface area contributed by atoms with Crippen molar-refractivity contribution in [3.8, 4) is 0 Å². The van der Waals surface area contributed by atoms with Gasteiger partial charge in [-0.1, -0.05) is 50.0 Å². The van der Waals surface area contributed by atoms with Gasteiger partial charge in [0.25, 0.3) is 0 Å². The largest absolute Gasteiger partial charge is 0.389 e. The van der Waals surface area contributed by atoms with Crippen molar-refractivity contribution in [1.29, 1.82) is 0 Å². The molecule has 1 aromatic carbocycles. The molecule has 1 aromatic rings. The van der Waals surface area contributed by atoms with Gasteiger partial charge in [0.05, 0.1) is 6.10 Å². The molecular formula is C11H18OSi. The molecule has 0 bridgehead atoms. The highest BCUT2D eigenvalue weighted by Crippen LogP contribution is 2.23. The third-order valence-corrected chi connectivity index (χ3v) is 3.60. The van der Waals surface area contributed by atoms with E-state index in [0.29, 0.717) is 0 Å². The molecule has 2 heteroatoms. The van der Waals surface area contributed by atoms with Gasteiger partial charge in [0.15, 0.2) is 0 Å². The van der Waals surface area contributed by atoms with Crippen LogP contribution in [-0.2, 0) is 0 Å². The van der Waals surface area contributed by atoms with Crippen molar-refractivity contribution in [1.82, 2.24) is 0 Å². The van der Waals surface area contributed by atoms with Crippen LogP contribution in [0.25, 0.3) is 0 Å². The minimum absolute atomic E-state index is 0.270. The van der Waals surface area contributed by atoms with Crippen molar-refractivity contribution in [2.75, 3.05) is 0 Å². The maximum atomic E-state index is 9.89. The molecule has 1 N–H and O–H groups in total. The molecule has 0 aliphatic heterocycles. The Balaban J connectivity index is 2.64. The smallest absolute Gasteiger partial charge is 0.0766 e. The summed E-state index contributed by atoms with van der Waals surface area (Å²) in [6, 6.07) is 10.9. The maximum absolute atomic E-state index is 9.89. The van der Waals surface area contributed by atoms with Gasteiger partial charge < -0.3 is 5.11 Å². The van der Waals surface area contributed by atoms with Crippen LogP contribution >= 0.6 is 0 Å². The lowest BCUT2D eigenvalue weighted by atomic mass is 10.1. The highest BCUT2D eigenvalue weighted by Gasteiger charge is 2.19. The standard InChI is InChI=1S/C11H18OSi/c1-13(2,3)9-11(12)10-7-5-4-6-8-10/h4-8,11-12H,9H2,1-3H3. The van der Waals surface area contributed by atoms with Gasteiger partial charge in [0.2, 0.25) is 0 Å². The zero-order valence-electron chi connectivity index (χ0n) is 8.62. The Morgan fingerprint density at radius 3 is 2.15 bits per heavy atom. The first-order valence-corrected chi connectivity index (χ1v) is 8.43. The molecule has 0 radical (unpaired) electrons. The average molecular weight is 194 g/mol. The number of hydrogen-bond donors (Lipinski definition) is 1. The topological polar surface area (TPSA) is 20.2 Å². The molecule has 13 heavy (non-hydrogen) atoms. The van der Waals surface area contributed by atoms with Crippen LogP contribution in [0.3, 0.4) is 0 Å². The normalized spacial score (nSPS) is 14.2. The molecule has 72 valence electrons. The van der Waals surface area contributed by atoms with Crippen LogP contribution in [0, 0.1) is 0 Å². The molecule has 1 atom stereocenters. The number of rotatable bonds is 3. The van der Waals surface area contributed by atoms with E-state index in [1.807, 2.05) is 30.3 Å². The first kappa shape index (κ1) is 10.5. The summed E-state index contributed by atoms with van der Waals surface area (Å²) in [6.07, 6.45) is -0.270. The molecule has 0 saturated carbocycles. The summed E-state index contributed by atoms with van der Waals surface area (Å²) in [4.78, 5) is 0. The minimum Gasteiger partial charge on any atom is -0.389 e. The summed E-state index contributed by atoms with van der Waals surface area (Å²) < 4.78 is 0. The zero-order valence-corrected chi connectivity index (χ0v) is 9.62. The van der Waals surface area contributed by atoms with Crippen molar-refractivity contribution in [3.63, 3.8) is 0 Å². The van der Waals surface area contributed by atoms with Gasteiger partial charge in [-0.3, -0.25) is 0 Å². The molecule has 0 aliphatic carbocycles. The molecule has 0 heterocycles. The highest BCUT2D eigenvalue weighted by atomic mass is 28.3. The first-order valence-electron chi connectivity index (χ1n) is 4.72. The van der Waals surface area contributed by atoms with Crippen molar-refractivity contribution in [2.45, 2.75) is 31.8 Å². The predicted molar refractivity (Wildman–Crippen MR) is 59.6 cm³/mol. The molecular weight excluding hydrogens is 176 g/mol. The number of benzene rings is 1. The van der Waals surface area contributed by atoms with E-state index in [1.165, 1.54) is 0 Å². The quantitative estimate of drug-likeness (QED) is 0.733. The van der Waals surface area contributed by atoms with Crippen molar-refractivity contribution < 1.29 is 5.11 Å². The third-order valence-electron chi connectivity index (χ3n) is 1.99. The molecule has 0 amide bonds. The van der Waals surface area contributed by atoms with Crippen molar-refractivity contribution >= 4 is 8.07 Å². The Morgan fingerprint density at radius 2 is 1.69 bits per heavy atom. The summed E-state index contributed by atoms with van der Waals surface area (Å²) in [6.45, 7) is 6.83. The van der Waals surface area contributed by atoms with E-state index < -0.39 is 8.07 Å². The van der Waals surface area contributed by atoms with E-state index in [-0.39, 0.29) is 6.10 Å².